The molecule has 1 aliphatic rings. The molecule has 0 amide bonds. The van der Waals surface area contributed by atoms with Gasteiger partial charge in [0.2, 0.25) is 0 Å². The molecule has 1 rings (SSSR count). The van der Waals surface area contributed by atoms with E-state index in [1.54, 1.807) is 0 Å². The zero-order valence-corrected chi connectivity index (χ0v) is 8.69. The van der Waals surface area contributed by atoms with Crippen LogP contribution in [0.3, 0.4) is 0 Å². The zero-order valence-electron chi connectivity index (χ0n) is 8.79. The predicted octanol–water partition coefficient (Wildman–Crippen LogP) is -1.50. The fraction of sp³-hybridized carbons (Fsp3) is 1.00. The van der Waals surface area contributed by atoms with E-state index in [9.17, 15) is 15.3 Å². The fourth-order valence-corrected chi connectivity index (χ4v) is 1.86. The van der Waals surface area contributed by atoms with Gasteiger partial charge in [-0.05, 0) is 6.42 Å². The third-order valence-electron chi connectivity index (χ3n) is 2.55. The minimum atomic E-state index is -2.06. The topological polar surface area (TPSA) is 90.2 Å². The third-order valence-corrected chi connectivity index (χ3v) is 3.04. The summed E-state index contributed by atoms with van der Waals surface area (Å²) in [6.07, 6.45) is -4.15. The number of hydrogen-bond acceptors (Lipinski definition) is 6. The number of rotatable bonds is 2. The summed E-state index contributed by atoms with van der Waals surface area (Å²) in [6.45, 7) is 0.983. The maximum Gasteiger partial charge on any atom is 0.132 e. The number of ether oxygens (including phenoxy) is 1. The highest BCUT2D eigenvalue weighted by atomic mass is 32.1. The van der Waals surface area contributed by atoms with Crippen molar-refractivity contribution >= 4 is 12.6 Å². The summed E-state index contributed by atoms with van der Waals surface area (Å²) < 4.78 is 12.6. The molecule has 5 atom stereocenters. The molecule has 6 heteroatoms. The van der Waals surface area contributed by atoms with Crippen molar-refractivity contribution in [3.8, 4) is 0 Å². The molecule has 1 unspecified atom stereocenters. The molecule has 1 fully saturated rings. The molecule has 0 bridgehead atoms. The van der Waals surface area contributed by atoms with Crippen LogP contribution in [0.2, 0.25) is 0 Å². The largest absolute Gasteiger partial charge is 0.394 e. The summed E-state index contributed by atoms with van der Waals surface area (Å²) in [5, 5.41) is 38.0. The van der Waals surface area contributed by atoms with Crippen molar-refractivity contribution in [2.75, 3.05) is 6.61 Å². The molecule has 4 N–H and O–H groups in total. The molecule has 14 heavy (non-hydrogen) atoms. The van der Waals surface area contributed by atoms with E-state index in [-0.39, 0.29) is 6.42 Å². The van der Waals surface area contributed by atoms with E-state index >= 15 is 0 Å². The number of thiol groups is 1. The van der Waals surface area contributed by atoms with Gasteiger partial charge in [0.05, 0.1) is 7.98 Å². The first-order valence-corrected chi connectivity index (χ1v) is 4.84. The first kappa shape index (κ1) is 10.7. The summed E-state index contributed by atoms with van der Waals surface area (Å²) in [7, 11) is 0. The Morgan fingerprint density at radius 2 is 2.14 bits per heavy atom. The Balaban J connectivity index is 3.01. The highest BCUT2D eigenvalue weighted by Gasteiger charge is 2.52. The van der Waals surface area contributed by atoms with Gasteiger partial charge in [0.25, 0.3) is 0 Å². The van der Waals surface area contributed by atoms with Crippen LogP contribution in [0.15, 0.2) is 0 Å². The van der Waals surface area contributed by atoms with Gasteiger partial charge in [-0.1, -0.05) is 6.92 Å². The number of hydrogen-bond donors (Lipinski definition) is 5. The SMILES string of the molecule is [2H]C1(S)O[C@H](CO)[C@@H](O)[C@H](O)[C@]1(O)CC. The molecule has 0 radical (unpaired) electrons. The Morgan fingerprint density at radius 3 is 2.57 bits per heavy atom. The van der Waals surface area contributed by atoms with Gasteiger partial charge in [-0.2, -0.15) is 0 Å². The lowest BCUT2D eigenvalue weighted by Crippen LogP contribution is -2.64. The van der Waals surface area contributed by atoms with E-state index < -0.39 is 35.9 Å². The maximum atomic E-state index is 9.98. The predicted molar refractivity (Wildman–Crippen MR) is 52.0 cm³/mol. The maximum absolute atomic E-state index is 9.98. The van der Waals surface area contributed by atoms with E-state index in [4.69, 9.17) is 11.2 Å². The van der Waals surface area contributed by atoms with Crippen molar-refractivity contribution in [2.45, 2.75) is 42.7 Å². The lowest BCUT2D eigenvalue weighted by Gasteiger charge is -2.46. The van der Waals surface area contributed by atoms with Crippen molar-refractivity contribution in [2.24, 2.45) is 0 Å². The van der Waals surface area contributed by atoms with Gasteiger partial charge in [0.1, 0.15) is 29.3 Å². The third kappa shape index (κ3) is 1.78. The van der Waals surface area contributed by atoms with Gasteiger partial charge in [-0.25, -0.2) is 0 Å². The Kier molecular flexibility index (Phi) is 3.30. The molecule has 0 aromatic heterocycles. The van der Waals surface area contributed by atoms with Crippen LogP contribution in [0.25, 0.3) is 0 Å². The summed E-state index contributed by atoms with van der Waals surface area (Å²) in [6, 6.07) is 0. The Hall–Kier alpha value is 0.150. The molecule has 84 valence electrons. The smallest absolute Gasteiger partial charge is 0.132 e. The van der Waals surface area contributed by atoms with E-state index in [1.807, 2.05) is 0 Å². The van der Waals surface area contributed by atoms with Crippen LogP contribution in [-0.2, 0) is 4.74 Å². The van der Waals surface area contributed by atoms with Crippen LogP contribution >= 0.6 is 12.6 Å². The molecule has 0 aromatic carbocycles. The van der Waals surface area contributed by atoms with Crippen molar-refractivity contribution in [1.82, 2.24) is 0 Å². The van der Waals surface area contributed by atoms with Gasteiger partial charge in [-0.15, -0.1) is 12.6 Å². The molecular weight excluding hydrogens is 208 g/mol. The van der Waals surface area contributed by atoms with Crippen molar-refractivity contribution in [1.29, 1.82) is 0 Å². The average Bonchev–Trinajstić information content (AvgIpc) is 2.20. The van der Waals surface area contributed by atoms with Crippen LogP contribution in [0.5, 0.6) is 0 Å². The molecule has 1 heterocycles. The molecule has 0 spiro atoms. The molecule has 0 aliphatic carbocycles. The van der Waals surface area contributed by atoms with Crippen LogP contribution in [0.1, 0.15) is 14.7 Å². The summed E-state index contributed by atoms with van der Waals surface area (Å²) in [4.78, 5) is 0. The molecular formula is C8H16O5S. The molecule has 0 saturated carbocycles. The van der Waals surface area contributed by atoms with Gasteiger partial charge >= 0.3 is 0 Å². The summed E-state index contributed by atoms with van der Waals surface area (Å²) in [5.74, 6) is 0. The van der Waals surface area contributed by atoms with Crippen molar-refractivity contribution < 1.29 is 26.5 Å². The van der Waals surface area contributed by atoms with Crippen molar-refractivity contribution in [3.63, 3.8) is 0 Å². The first-order chi connectivity index (χ1) is 6.80. The van der Waals surface area contributed by atoms with Crippen LogP contribution in [-0.4, -0.2) is 56.4 Å². The average molecular weight is 225 g/mol. The van der Waals surface area contributed by atoms with E-state index in [1.165, 1.54) is 6.92 Å². The van der Waals surface area contributed by atoms with Gasteiger partial charge in [-0.3, -0.25) is 0 Å². The second-order valence-corrected chi connectivity index (χ2v) is 3.76. The monoisotopic (exact) mass is 225 g/mol. The van der Waals surface area contributed by atoms with E-state index in [0.29, 0.717) is 0 Å². The lowest BCUT2D eigenvalue weighted by atomic mass is 9.86. The Labute approximate surface area is 89.1 Å². The lowest BCUT2D eigenvalue weighted by molar-refractivity contribution is -0.251. The minimum Gasteiger partial charge on any atom is -0.394 e. The van der Waals surface area contributed by atoms with Gasteiger partial charge in [0, 0.05) is 0 Å². The molecule has 5 nitrogen and oxygen atoms in total. The van der Waals surface area contributed by atoms with Crippen LogP contribution < -0.4 is 0 Å². The van der Waals surface area contributed by atoms with E-state index in [0.717, 1.165) is 0 Å². The van der Waals surface area contributed by atoms with Crippen LogP contribution in [0, 0.1) is 0 Å². The quantitative estimate of drug-likeness (QED) is 0.369. The zero-order chi connectivity index (χ0) is 11.9. The van der Waals surface area contributed by atoms with Gasteiger partial charge < -0.3 is 25.2 Å². The normalized spacial score (nSPS) is 55.6. The second-order valence-electron chi connectivity index (χ2n) is 3.36. The standard InChI is InChI=1S/C8H16O5S/c1-2-8(12)6(11)5(10)4(3-9)13-7(8)14/h4-7,9-12,14H,2-3H2,1H3/t4-,5-,6+,7?,8-/m1/s1/i7D. The van der Waals surface area contributed by atoms with Crippen LogP contribution in [0.4, 0.5) is 0 Å². The summed E-state index contributed by atoms with van der Waals surface area (Å²) >= 11 is 3.80. The molecule has 1 aliphatic heterocycles. The minimum absolute atomic E-state index is 0.00360. The van der Waals surface area contributed by atoms with Gasteiger partial charge in [0.15, 0.2) is 0 Å². The molecule has 0 aromatic rings. The van der Waals surface area contributed by atoms with E-state index in [2.05, 4.69) is 12.6 Å². The molecule has 1 saturated heterocycles. The number of aliphatic hydroxyl groups is 4. The second kappa shape index (κ2) is 4.34. The Bertz CT molecular complexity index is 239. The first-order valence-electron chi connectivity index (χ1n) is 4.89. The fourth-order valence-electron chi connectivity index (χ4n) is 1.43. The van der Waals surface area contributed by atoms with Crippen molar-refractivity contribution in [3.05, 3.63) is 0 Å². The Morgan fingerprint density at radius 1 is 1.57 bits per heavy atom. The highest BCUT2D eigenvalue weighted by Crippen LogP contribution is 2.34. The summed E-state index contributed by atoms with van der Waals surface area (Å²) in [5.41, 5.74) is -4.03. The number of aliphatic hydroxyl groups excluding tert-OH is 3. The highest BCUT2D eigenvalue weighted by molar-refractivity contribution is 7.80.